The maximum Gasteiger partial charge on any atom is 0.251 e. The highest BCUT2D eigenvalue weighted by Crippen LogP contribution is 2.42. The summed E-state index contributed by atoms with van der Waals surface area (Å²) in [4.78, 5) is 44.0. The largest absolute Gasteiger partial charge is 0.545 e. The maximum atomic E-state index is 13.7. The number of ether oxygens (including phenoxy) is 1. The van der Waals surface area contributed by atoms with Crippen LogP contribution in [0.25, 0.3) is 44.6 Å². The Morgan fingerprint density at radius 1 is 0.909 bits per heavy atom. The van der Waals surface area contributed by atoms with E-state index in [-0.39, 0.29) is 30.6 Å². The average molecular weight is 735 g/mol. The number of rotatable bonds is 9. The van der Waals surface area contributed by atoms with Gasteiger partial charge in [-0.25, -0.2) is 9.56 Å². The van der Waals surface area contributed by atoms with Crippen molar-refractivity contribution in [1.82, 2.24) is 29.8 Å². The predicted octanol–water partition coefficient (Wildman–Crippen LogP) is 4.49. The smallest absolute Gasteiger partial charge is 0.251 e. The Balaban J connectivity index is 1.01. The number of imidazole rings is 1. The number of nitrogens with zero attached hydrogens (tertiary/aromatic N) is 5. The zero-order valence-electron chi connectivity index (χ0n) is 30.0. The van der Waals surface area contributed by atoms with E-state index >= 15 is 0 Å². The van der Waals surface area contributed by atoms with Crippen LogP contribution in [0.5, 0.6) is 5.88 Å². The molecule has 0 radical (unpaired) electrons. The molecule has 2 saturated heterocycles. The number of carbonyl (C=O) groups excluding carboxylic acids is 2. The number of nitrogens with two attached hydrogens (primary N) is 1. The zero-order valence-corrected chi connectivity index (χ0v) is 30.0. The third-order valence-corrected chi connectivity index (χ3v) is 10.5. The molecule has 2 aromatic heterocycles. The quantitative estimate of drug-likeness (QED) is 0.141. The SMILES string of the molecule is Nc1nc(OCc2ccc(CNC(=O)c3ccc(C(=O)[O-])c(-c4c5ccc(=[N+]6CCCC6)cc-5oc5cc(N6CCCC6)ccc45)c3)cc2)c2[nH]cnc2n1. The number of hydrogen-bond acceptors (Lipinski definition) is 10. The van der Waals surface area contributed by atoms with E-state index in [1.54, 1.807) is 6.07 Å². The monoisotopic (exact) mass is 734 g/mol. The van der Waals surface area contributed by atoms with Gasteiger partial charge in [0.1, 0.15) is 36.6 Å². The van der Waals surface area contributed by atoms with Gasteiger partial charge in [0, 0.05) is 77.9 Å². The molecule has 13 nitrogen and oxygen atoms in total. The minimum Gasteiger partial charge on any atom is -0.545 e. The predicted molar refractivity (Wildman–Crippen MR) is 206 cm³/mol. The number of H-pyrrole nitrogens is 1. The fourth-order valence-electron chi connectivity index (χ4n) is 7.69. The van der Waals surface area contributed by atoms with Crippen molar-refractivity contribution in [3.8, 4) is 28.3 Å². The van der Waals surface area contributed by atoms with E-state index in [2.05, 4.69) is 46.9 Å². The lowest BCUT2D eigenvalue weighted by Gasteiger charge is -2.21. The van der Waals surface area contributed by atoms with Gasteiger partial charge in [0.05, 0.1) is 18.4 Å². The summed E-state index contributed by atoms with van der Waals surface area (Å²) in [5.41, 5.74) is 12.4. The number of carboxylic acids is 1. The normalized spacial score (nSPS) is 14.3. The van der Waals surface area contributed by atoms with Crippen molar-refractivity contribution >= 4 is 45.6 Å². The van der Waals surface area contributed by atoms with Crippen molar-refractivity contribution in [2.24, 2.45) is 0 Å². The van der Waals surface area contributed by atoms with Crippen LogP contribution in [0.15, 0.2) is 89.6 Å². The Bertz CT molecular complexity index is 2630. The Morgan fingerprint density at radius 2 is 1.71 bits per heavy atom. The highest BCUT2D eigenvalue weighted by Gasteiger charge is 2.24. The number of amides is 1. The van der Waals surface area contributed by atoms with E-state index in [9.17, 15) is 14.7 Å². The topological polar surface area (TPSA) is 178 Å². The van der Waals surface area contributed by atoms with Crippen LogP contribution in [0.1, 0.15) is 57.5 Å². The van der Waals surface area contributed by atoms with Crippen LogP contribution in [0.4, 0.5) is 11.6 Å². The number of hydrogen-bond donors (Lipinski definition) is 3. The highest BCUT2D eigenvalue weighted by molar-refractivity contribution is 6.09. The van der Waals surface area contributed by atoms with Gasteiger partial charge in [-0.15, -0.1) is 0 Å². The number of anilines is 2. The second kappa shape index (κ2) is 14.2. The summed E-state index contributed by atoms with van der Waals surface area (Å²) in [6.45, 7) is 4.40. The number of fused-ring (bicyclic) bond motifs is 3. The molecule has 1 amide bonds. The first-order valence-corrected chi connectivity index (χ1v) is 18.5. The van der Waals surface area contributed by atoms with Gasteiger partial charge in [-0.05, 0) is 59.9 Å². The van der Waals surface area contributed by atoms with Gasteiger partial charge in [0.2, 0.25) is 17.2 Å². The third-order valence-electron chi connectivity index (χ3n) is 10.5. The van der Waals surface area contributed by atoms with E-state index in [1.807, 2.05) is 48.5 Å². The van der Waals surface area contributed by atoms with E-state index in [0.717, 1.165) is 85.0 Å². The molecule has 0 atom stereocenters. The lowest BCUT2D eigenvalue weighted by molar-refractivity contribution is -0.254. The van der Waals surface area contributed by atoms with Crippen molar-refractivity contribution in [1.29, 1.82) is 0 Å². The first-order chi connectivity index (χ1) is 26.9. The molecule has 0 spiro atoms. The number of aromatic amines is 1. The van der Waals surface area contributed by atoms with Crippen molar-refractivity contribution in [3.63, 3.8) is 0 Å². The van der Waals surface area contributed by atoms with Gasteiger partial charge in [0.25, 0.3) is 5.91 Å². The molecule has 9 rings (SSSR count). The summed E-state index contributed by atoms with van der Waals surface area (Å²) in [5.74, 6) is -0.640. The molecule has 276 valence electrons. The molecular weight excluding hydrogens is 697 g/mol. The van der Waals surface area contributed by atoms with E-state index < -0.39 is 5.97 Å². The second-order valence-electron chi connectivity index (χ2n) is 14.1. The van der Waals surface area contributed by atoms with Crippen LogP contribution in [0, 0.1) is 0 Å². The lowest BCUT2D eigenvalue weighted by atomic mass is 9.89. The third kappa shape index (κ3) is 6.69. The molecule has 0 unspecified atom stereocenters. The Labute approximate surface area is 315 Å². The number of carbonyl (C=O) groups is 2. The number of nitrogen functional groups attached to an aromatic ring is 1. The molecule has 13 heteroatoms. The summed E-state index contributed by atoms with van der Waals surface area (Å²) < 4.78 is 14.9. The van der Waals surface area contributed by atoms with E-state index in [0.29, 0.717) is 45.1 Å². The fourth-order valence-corrected chi connectivity index (χ4v) is 7.69. The van der Waals surface area contributed by atoms with Gasteiger partial charge in [-0.2, -0.15) is 9.97 Å². The minimum absolute atomic E-state index is 0.00619. The summed E-state index contributed by atoms with van der Waals surface area (Å²) in [7, 11) is 0. The van der Waals surface area contributed by atoms with Gasteiger partial charge < -0.3 is 40.0 Å². The van der Waals surface area contributed by atoms with Gasteiger partial charge >= 0.3 is 0 Å². The molecule has 3 aliphatic heterocycles. The van der Waals surface area contributed by atoms with Crippen LogP contribution in [0.3, 0.4) is 0 Å². The Hall–Kier alpha value is -6.76. The molecule has 4 N–H and O–H groups in total. The number of aromatic nitrogens is 4. The summed E-state index contributed by atoms with van der Waals surface area (Å²) in [6.07, 6.45) is 6.05. The van der Waals surface area contributed by atoms with Crippen molar-refractivity contribution in [2.45, 2.75) is 38.8 Å². The Morgan fingerprint density at radius 3 is 2.51 bits per heavy atom. The summed E-state index contributed by atoms with van der Waals surface area (Å²) in [6, 6.07) is 24.5. The molecule has 0 saturated carbocycles. The van der Waals surface area contributed by atoms with Crippen molar-refractivity contribution in [2.75, 3.05) is 36.8 Å². The Kier molecular flexibility index (Phi) is 8.81. The van der Waals surface area contributed by atoms with Crippen LogP contribution >= 0.6 is 0 Å². The second-order valence-corrected chi connectivity index (χ2v) is 14.1. The highest BCUT2D eigenvalue weighted by atomic mass is 16.5. The first kappa shape index (κ1) is 34.0. The molecule has 2 fully saturated rings. The fraction of sp³-hybridized carbons (Fsp3) is 0.238. The van der Waals surface area contributed by atoms with Crippen LogP contribution in [-0.4, -0.2) is 58.0 Å². The molecule has 4 aliphatic rings. The van der Waals surface area contributed by atoms with Crippen molar-refractivity contribution < 1.29 is 23.8 Å². The van der Waals surface area contributed by atoms with Gasteiger partial charge in [0.15, 0.2) is 5.65 Å². The zero-order chi connectivity index (χ0) is 37.5. The van der Waals surface area contributed by atoms with E-state index in [4.69, 9.17) is 14.9 Å². The van der Waals surface area contributed by atoms with Crippen molar-refractivity contribution in [3.05, 3.63) is 113 Å². The number of nitrogens with one attached hydrogen (secondary N) is 2. The number of carboxylic acid groups (broad SMARTS) is 1. The first-order valence-electron chi connectivity index (χ1n) is 18.5. The maximum absolute atomic E-state index is 13.7. The van der Waals surface area contributed by atoms with Gasteiger partial charge in [-0.3, -0.25) is 4.79 Å². The molecule has 5 heterocycles. The van der Waals surface area contributed by atoms with Crippen LogP contribution < -0.4 is 35.7 Å². The summed E-state index contributed by atoms with van der Waals surface area (Å²) >= 11 is 0. The standard InChI is InChI=1S/C42H38N8O5/c43-42-47-38-37(45-24-46-38)40(48-42)54-23-26-7-5-25(6-8-26)22-44-39(51)27-9-12-30(41(52)53)33(19-27)36-31-13-10-28(49-15-1-2-16-49)20-34(31)55-35-21-29(11-14-32(35)36)50-17-3-4-18-50/h5-14,19-21,24H,1-4,15-18,22-23H2,(H4-,43,44,45,46,47,48,51,52,53). The van der Waals surface area contributed by atoms with Crippen LogP contribution in [-0.2, 0) is 13.2 Å². The van der Waals surface area contributed by atoms with Gasteiger partial charge in [-0.1, -0.05) is 30.3 Å². The molecular formula is C42H38N8O5. The summed E-state index contributed by atoms with van der Waals surface area (Å²) in [5, 5.41) is 17.5. The number of benzene rings is 4. The lowest BCUT2D eigenvalue weighted by Crippen LogP contribution is -2.27. The molecule has 1 aliphatic carbocycles. The molecule has 3 aromatic carbocycles. The average Bonchev–Trinajstić information content (AvgIpc) is 4.02. The minimum atomic E-state index is -1.33. The van der Waals surface area contributed by atoms with E-state index in [1.165, 1.54) is 18.5 Å². The van der Waals surface area contributed by atoms with Crippen LogP contribution in [0.2, 0.25) is 0 Å². The molecule has 55 heavy (non-hydrogen) atoms. The molecule has 0 bridgehead atoms. The number of aromatic carboxylic acids is 1. The molecule has 5 aromatic rings.